The van der Waals surface area contributed by atoms with Crippen LogP contribution in [-0.2, 0) is 4.74 Å². The number of para-hydroxylation sites is 1. The molecule has 0 aliphatic heterocycles. The minimum Gasteiger partial charge on any atom is -0.507 e. The van der Waals surface area contributed by atoms with E-state index in [0.717, 1.165) is 12.8 Å². The molecule has 1 N–H and O–H groups in total. The van der Waals surface area contributed by atoms with Crippen LogP contribution >= 0.6 is 0 Å². The Morgan fingerprint density at radius 2 is 1.57 bits per heavy atom. The summed E-state index contributed by atoms with van der Waals surface area (Å²) in [5.74, 6) is -0.459. The first-order valence-electron chi connectivity index (χ1n) is 7.70. The minimum atomic E-state index is -0.439. The molecule has 21 heavy (non-hydrogen) atoms. The van der Waals surface area contributed by atoms with Crippen LogP contribution in [0.25, 0.3) is 0 Å². The second kappa shape index (κ2) is 13.2. The second-order valence-corrected chi connectivity index (χ2v) is 5.13. The molecule has 0 aromatic heterocycles. The third-order valence-corrected chi connectivity index (χ3v) is 3.36. The molecule has 0 aliphatic carbocycles. The van der Waals surface area contributed by atoms with E-state index in [1.165, 1.54) is 44.6 Å². The van der Waals surface area contributed by atoms with E-state index in [1.807, 2.05) is 0 Å². The van der Waals surface area contributed by atoms with Crippen LogP contribution in [0.2, 0.25) is 0 Å². The van der Waals surface area contributed by atoms with Crippen LogP contribution in [0.5, 0.6) is 5.75 Å². The van der Waals surface area contributed by atoms with Gasteiger partial charge in [0.25, 0.3) is 0 Å². The molecule has 1 aromatic carbocycles. The molecule has 0 spiro atoms. The Labute approximate surface area is 150 Å². The molecule has 0 aliphatic rings. The van der Waals surface area contributed by atoms with Gasteiger partial charge in [0.1, 0.15) is 11.3 Å². The fourth-order valence-electron chi connectivity index (χ4n) is 2.12. The third-order valence-electron chi connectivity index (χ3n) is 3.36. The van der Waals surface area contributed by atoms with E-state index in [0.29, 0.717) is 6.61 Å². The summed E-state index contributed by atoms with van der Waals surface area (Å²) in [4.78, 5) is 11.7. The molecule has 0 saturated heterocycles. The Hall–Kier alpha value is -0.510. The van der Waals surface area contributed by atoms with E-state index in [1.54, 1.807) is 18.2 Å². The van der Waals surface area contributed by atoms with Gasteiger partial charge >= 0.3 is 5.97 Å². The molecule has 113 valence electrons. The van der Waals surface area contributed by atoms with Crippen molar-refractivity contribution in [2.45, 2.75) is 58.3 Å². The molecule has 0 atom stereocenters. The minimum absolute atomic E-state index is 0. The van der Waals surface area contributed by atoms with Crippen LogP contribution in [-0.4, -0.2) is 47.2 Å². The topological polar surface area (TPSA) is 46.5 Å². The Bertz CT molecular complexity index is 393. The molecule has 0 unspecified atom stereocenters. The summed E-state index contributed by atoms with van der Waals surface area (Å²) in [5.41, 5.74) is 0.243. The number of phenolic OH excluding ortho intramolecular Hbond substituents is 1. The summed E-state index contributed by atoms with van der Waals surface area (Å²) >= 11 is 0. The number of aromatic hydroxyl groups is 1. The average Bonchev–Trinajstić information content (AvgIpc) is 2.46. The van der Waals surface area contributed by atoms with Crippen molar-refractivity contribution in [1.82, 2.24) is 0 Å². The van der Waals surface area contributed by atoms with E-state index < -0.39 is 5.97 Å². The van der Waals surface area contributed by atoms with E-state index in [-0.39, 0.29) is 40.9 Å². The van der Waals surface area contributed by atoms with Crippen LogP contribution in [0.4, 0.5) is 0 Å². The summed E-state index contributed by atoms with van der Waals surface area (Å²) in [6.07, 6.45) is 9.73. The first kappa shape index (κ1) is 20.5. The van der Waals surface area contributed by atoms with Gasteiger partial charge in [0.15, 0.2) is 0 Å². The van der Waals surface area contributed by atoms with Crippen molar-refractivity contribution in [3.63, 3.8) is 0 Å². The second-order valence-electron chi connectivity index (χ2n) is 5.13. The molecule has 0 heterocycles. The van der Waals surface area contributed by atoms with Crippen molar-refractivity contribution in [2.75, 3.05) is 6.61 Å². The summed E-state index contributed by atoms with van der Waals surface area (Å²) in [6, 6.07) is 6.47. The molecule has 1 rings (SSSR count). The maximum Gasteiger partial charge on any atom is 0.341 e. The Kier molecular flexibility index (Phi) is 12.9. The third kappa shape index (κ3) is 9.18. The van der Waals surface area contributed by atoms with Gasteiger partial charge in [-0.2, -0.15) is 0 Å². The van der Waals surface area contributed by atoms with E-state index in [9.17, 15) is 9.90 Å². The van der Waals surface area contributed by atoms with Gasteiger partial charge in [-0.05, 0) is 18.6 Å². The number of ether oxygens (including phenoxy) is 1. The molecule has 0 fully saturated rings. The number of carbonyl (C=O) groups excluding carboxylic acids is 1. The molecule has 1 radical (unpaired) electrons. The largest absolute Gasteiger partial charge is 0.507 e. The molecular formula is C17H26NaO3. The Morgan fingerprint density at radius 1 is 1.00 bits per heavy atom. The number of hydrogen-bond donors (Lipinski definition) is 1. The van der Waals surface area contributed by atoms with Crippen LogP contribution in [0.15, 0.2) is 24.3 Å². The van der Waals surface area contributed by atoms with E-state index in [4.69, 9.17) is 4.74 Å². The molecule has 0 saturated carbocycles. The Balaban J connectivity index is 0.00000400. The predicted molar refractivity (Wildman–Crippen MR) is 86.8 cm³/mol. The van der Waals surface area contributed by atoms with Crippen LogP contribution < -0.4 is 0 Å². The number of esters is 1. The Morgan fingerprint density at radius 3 is 2.19 bits per heavy atom. The van der Waals surface area contributed by atoms with Crippen molar-refractivity contribution in [3.05, 3.63) is 29.8 Å². The van der Waals surface area contributed by atoms with Gasteiger partial charge in [-0.3, -0.25) is 0 Å². The van der Waals surface area contributed by atoms with Gasteiger partial charge in [-0.15, -0.1) is 0 Å². The van der Waals surface area contributed by atoms with Crippen molar-refractivity contribution < 1.29 is 14.6 Å². The fourth-order valence-corrected chi connectivity index (χ4v) is 2.12. The molecule has 3 nitrogen and oxygen atoms in total. The number of rotatable bonds is 10. The number of hydrogen-bond acceptors (Lipinski definition) is 3. The van der Waals surface area contributed by atoms with E-state index in [2.05, 4.69) is 6.92 Å². The SMILES string of the molecule is CCCCCCCCCCOC(=O)c1ccccc1O.[Na]. The molecule has 0 amide bonds. The molecule has 0 bridgehead atoms. The number of carbonyl (C=O) groups is 1. The van der Waals surface area contributed by atoms with Gasteiger partial charge in [0.05, 0.1) is 6.61 Å². The number of benzene rings is 1. The van der Waals surface area contributed by atoms with Gasteiger partial charge in [0.2, 0.25) is 0 Å². The van der Waals surface area contributed by atoms with Crippen LogP contribution in [0.1, 0.15) is 68.6 Å². The molecule has 4 heteroatoms. The van der Waals surface area contributed by atoms with Crippen molar-refractivity contribution >= 4 is 35.5 Å². The smallest absolute Gasteiger partial charge is 0.341 e. The van der Waals surface area contributed by atoms with Gasteiger partial charge in [0, 0.05) is 29.6 Å². The summed E-state index contributed by atoms with van der Waals surface area (Å²) in [7, 11) is 0. The standard InChI is InChI=1S/C17H26O3.Na/c1-2-3-4-5-6-7-8-11-14-20-17(19)15-12-9-10-13-16(15)18;/h9-10,12-13,18H,2-8,11,14H2,1H3;. The van der Waals surface area contributed by atoms with Crippen molar-refractivity contribution in [2.24, 2.45) is 0 Å². The zero-order chi connectivity index (χ0) is 14.6. The predicted octanol–water partition coefficient (Wildman–Crippen LogP) is 4.31. The van der Waals surface area contributed by atoms with Crippen LogP contribution in [0.3, 0.4) is 0 Å². The quantitative estimate of drug-likeness (QED) is 0.398. The monoisotopic (exact) mass is 301 g/mol. The van der Waals surface area contributed by atoms with Gasteiger partial charge < -0.3 is 9.84 Å². The fraction of sp³-hybridized carbons (Fsp3) is 0.588. The zero-order valence-electron chi connectivity index (χ0n) is 13.4. The van der Waals surface area contributed by atoms with Crippen LogP contribution in [0, 0.1) is 0 Å². The summed E-state index contributed by atoms with van der Waals surface area (Å²) in [5, 5.41) is 9.52. The van der Waals surface area contributed by atoms with Gasteiger partial charge in [-0.25, -0.2) is 4.79 Å². The maximum absolute atomic E-state index is 11.7. The summed E-state index contributed by atoms with van der Waals surface area (Å²) in [6.45, 7) is 2.65. The first-order chi connectivity index (χ1) is 9.75. The number of unbranched alkanes of at least 4 members (excludes halogenated alkanes) is 7. The van der Waals surface area contributed by atoms with Crippen molar-refractivity contribution in [3.8, 4) is 5.75 Å². The van der Waals surface area contributed by atoms with E-state index >= 15 is 0 Å². The zero-order valence-corrected chi connectivity index (χ0v) is 15.4. The first-order valence-corrected chi connectivity index (χ1v) is 7.70. The number of phenols is 1. The maximum atomic E-state index is 11.7. The van der Waals surface area contributed by atoms with Gasteiger partial charge in [-0.1, -0.05) is 64.0 Å². The normalized spacial score (nSPS) is 9.95. The molecule has 1 aromatic rings. The average molecular weight is 301 g/mol. The summed E-state index contributed by atoms with van der Waals surface area (Å²) < 4.78 is 5.16. The molecular weight excluding hydrogens is 275 g/mol. The van der Waals surface area contributed by atoms with Crippen molar-refractivity contribution in [1.29, 1.82) is 0 Å².